The number of nitriles is 1. The van der Waals surface area contributed by atoms with Gasteiger partial charge in [-0.2, -0.15) is 18.4 Å². The van der Waals surface area contributed by atoms with Crippen LogP contribution < -0.4 is 0 Å². The molecular formula is C16H11F3IN. The van der Waals surface area contributed by atoms with Gasteiger partial charge in [0, 0.05) is 3.57 Å². The van der Waals surface area contributed by atoms with E-state index in [1.54, 1.807) is 6.07 Å². The van der Waals surface area contributed by atoms with Crippen LogP contribution in [0.4, 0.5) is 13.2 Å². The number of nitrogens with zero attached hydrogens (tertiary/aromatic N) is 1. The van der Waals surface area contributed by atoms with E-state index in [1.807, 2.05) is 24.3 Å². The van der Waals surface area contributed by atoms with E-state index in [4.69, 9.17) is 0 Å². The zero-order valence-electron chi connectivity index (χ0n) is 10.9. The third-order valence-electron chi connectivity index (χ3n) is 3.10. The van der Waals surface area contributed by atoms with E-state index < -0.39 is 17.7 Å². The molecule has 0 aliphatic carbocycles. The average Bonchev–Trinajstić information content (AvgIpc) is 2.44. The summed E-state index contributed by atoms with van der Waals surface area (Å²) in [5.41, 5.74) is 0.611. The Balaban J connectivity index is 2.28. The first-order chi connectivity index (χ1) is 9.90. The largest absolute Gasteiger partial charge is 0.416 e. The molecule has 1 atom stereocenters. The van der Waals surface area contributed by atoms with E-state index in [0.29, 0.717) is 12.0 Å². The highest BCUT2D eigenvalue weighted by molar-refractivity contribution is 14.1. The number of hydrogen-bond donors (Lipinski definition) is 0. The van der Waals surface area contributed by atoms with Gasteiger partial charge in [0.15, 0.2) is 0 Å². The van der Waals surface area contributed by atoms with Crippen LogP contribution >= 0.6 is 22.6 Å². The summed E-state index contributed by atoms with van der Waals surface area (Å²) in [6, 6.07) is 14.7. The molecule has 0 bridgehead atoms. The lowest BCUT2D eigenvalue weighted by molar-refractivity contribution is -0.137. The Morgan fingerprint density at radius 3 is 2.43 bits per heavy atom. The summed E-state index contributed by atoms with van der Waals surface area (Å²) in [6.45, 7) is 0. The third-order valence-corrected chi connectivity index (χ3v) is 3.77. The summed E-state index contributed by atoms with van der Waals surface area (Å²) < 4.78 is 39.2. The van der Waals surface area contributed by atoms with Crippen molar-refractivity contribution >= 4 is 22.6 Å². The molecule has 0 spiro atoms. The second-order valence-electron chi connectivity index (χ2n) is 4.64. The Hall–Kier alpha value is -1.55. The van der Waals surface area contributed by atoms with E-state index in [1.165, 1.54) is 6.07 Å². The molecule has 0 saturated heterocycles. The van der Waals surface area contributed by atoms with Crippen LogP contribution in [0.15, 0.2) is 48.5 Å². The van der Waals surface area contributed by atoms with Gasteiger partial charge < -0.3 is 0 Å². The molecule has 0 fully saturated rings. The molecule has 0 aliphatic heterocycles. The molecule has 1 unspecified atom stereocenters. The molecule has 5 heteroatoms. The highest BCUT2D eigenvalue weighted by atomic mass is 127. The zero-order chi connectivity index (χ0) is 15.5. The summed E-state index contributed by atoms with van der Waals surface area (Å²) in [4.78, 5) is 0. The van der Waals surface area contributed by atoms with E-state index in [-0.39, 0.29) is 0 Å². The van der Waals surface area contributed by atoms with Gasteiger partial charge in [0.1, 0.15) is 0 Å². The van der Waals surface area contributed by atoms with Gasteiger partial charge in [0.2, 0.25) is 0 Å². The lowest BCUT2D eigenvalue weighted by Gasteiger charge is -2.13. The summed E-state index contributed by atoms with van der Waals surface area (Å²) in [7, 11) is 0. The molecule has 0 heterocycles. The number of benzene rings is 2. The molecule has 0 saturated carbocycles. The van der Waals surface area contributed by atoms with Gasteiger partial charge in [0.05, 0.1) is 17.6 Å². The first kappa shape index (κ1) is 15.8. The minimum Gasteiger partial charge on any atom is -0.198 e. The molecular weight excluding hydrogens is 390 g/mol. The minimum absolute atomic E-state index is 0.395. The second-order valence-corrected chi connectivity index (χ2v) is 5.88. The second kappa shape index (κ2) is 6.48. The zero-order valence-corrected chi connectivity index (χ0v) is 13.0. The molecule has 0 aromatic heterocycles. The smallest absolute Gasteiger partial charge is 0.198 e. The summed E-state index contributed by atoms with van der Waals surface area (Å²) in [6.07, 6.45) is -3.99. The van der Waals surface area contributed by atoms with Crippen molar-refractivity contribution in [2.75, 3.05) is 0 Å². The maximum atomic E-state index is 12.7. The average molecular weight is 401 g/mol. The van der Waals surface area contributed by atoms with Crippen molar-refractivity contribution in [1.82, 2.24) is 0 Å². The normalized spacial score (nSPS) is 12.7. The van der Waals surface area contributed by atoms with Crippen LogP contribution in [0.5, 0.6) is 0 Å². The van der Waals surface area contributed by atoms with E-state index in [2.05, 4.69) is 28.7 Å². The first-order valence-electron chi connectivity index (χ1n) is 6.21. The molecule has 2 rings (SSSR count). The van der Waals surface area contributed by atoms with Gasteiger partial charge in [0.25, 0.3) is 0 Å². The van der Waals surface area contributed by atoms with Crippen LogP contribution in [0.2, 0.25) is 0 Å². The highest BCUT2D eigenvalue weighted by Crippen LogP contribution is 2.31. The standard InChI is InChI=1S/C16H11F3IN/c17-16(18,19)14-5-2-4-12(9-14)13(10-21)7-11-3-1-6-15(20)8-11/h1-6,8-9,13H,7H2. The maximum absolute atomic E-state index is 12.7. The third kappa shape index (κ3) is 4.21. The number of hydrogen-bond acceptors (Lipinski definition) is 1. The number of halogens is 4. The fourth-order valence-electron chi connectivity index (χ4n) is 2.07. The monoisotopic (exact) mass is 401 g/mol. The summed E-state index contributed by atoms with van der Waals surface area (Å²) in [5, 5.41) is 9.27. The Bertz CT molecular complexity index is 674. The molecule has 0 aliphatic rings. The van der Waals surface area contributed by atoms with Crippen molar-refractivity contribution in [3.63, 3.8) is 0 Å². The van der Waals surface area contributed by atoms with E-state index >= 15 is 0 Å². The van der Waals surface area contributed by atoms with Crippen molar-refractivity contribution < 1.29 is 13.2 Å². The predicted octanol–water partition coefficient (Wildman–Crippen LogP) is 5.16. The highest BCUT2D eigenvalue weighted by Gasteiger charge is 2.31. The summed E-state index contributed by atoms with van der Waals surface area (Å²) in [5.74, 6) is -0.592. The van der Waals surface area contributed by atoms with E-state index in [9.17, 15) is 18.4 Å². The Labute approximate surface area is 134 Å². The lowest BCUT2D eigenvalue weighted by atomic mass is 9.92. The van der Waals surface area contributed by atoms with Crippen molar-refractivity contribution in [3.05, 3.63) is 68.8 Å². The molecule has 0 radical (unpaired) electrons. The molecule has 2 aromatic carbocycles. The molecule has 108 valence electrons. The van der Waals surface area contributed by atoms with Crippen molar-refractivity contribution in [2.45, 2.75) is 18.5 Å². The van der Waals surface area contributed by atoms with Crippen LogP contribution in [-0.4, -0.2) is 0 Å². The Morgan fingerprint density at radius 2 is 1.81 bits per heavy atom. The van der Waals surface area contributed by atoms with Gasteiger partial charge in [-0.3, -0.25) is 0 Å². The molecule has 21 heavy (non-hydrogen) atoms. The molecule has 0 N–H and O–H groups in total. The predicted molar refractivity (Wildman–Crippen MR) is 82.7 cm³/mol. The molecule has 2 aromatic rings. The summed E-state index contributed by atoms with van der Waals surface area (Å²) >= 11 is 2.16. The molecule has 0 amide bonds. The SMILES string of the molecule is N#CC(Cc1cccc(I)c1)c1cccc(C(F)(F)F)c1. The van der Waals surface area contributed by atoms with Crippen LogP contribution in [0.3, 0.4) is 0 Å². The van der Waals surface area contributed by atoms with Gasteiger partial charge in [-0.1, -0.05) is 30.3 Å². The topological polar surface area (TPSA) is 23.8 Å². The lowest BCUT2D eigenvalue weighted by Crippen LogP contribution is -2.07. The van der Waals surface area contributed by atoms with Crippen LogP contribution in [-0.2, 0) is 12.6 Å². The van der Waals surface area contributed by atoms with E-state index in [0.717, 1.165) is 21.3 Å². The van der Waals surface area contributed by atoms with Crippen LogP contribution in [0.25, 0.3) is 0 Å². The molecule has 1 nitrogen and oxygen atoms in total. The van der Waals surface area contributed by atoms with Gasteiger partial charge >= 0.3 is 6.18 Å². The fourth-order valence-corrected chi connectivity index (χ4v) is 2.68. The fraction of sp³-hybridized carbons (Fsp3) is 0.188. The first-order valence-corrected chi connectivity index (χ1v) is 7.29. The van der Waals surface area contributed by atoms with Crippen molar-refractivity contribution in [2.24, 2.45) is 0 Å². The van der Waals surface area contributed by atoms with Gasteiger partial charge in [-0.15, -0.1) is 0 Å². The van der Waals surface area contributed by atoms with Crippen LogP contribution in [0, 0.1) is 14.9 Å². The number of alkyl halides is 3. The van der Waals surface area contributed by atoms with Gasteiger partial charge in [-0.05, 0) is 58.3 Å². The Kier molecular flexibility index (Phi) is 4.88. The number of rotatable bonds is 3. The quantitative estimate of drug-likeness (QED) is 0.652. The van der Waals surface area contributed by atoms with Crippen molar-refractivity contribution in [3.8, 4) is 6.07 Å². The minimum atomic E-state index is -4.39. The van der Waals surface area contributed by atoms with Crippen LogP contribution in [0.1, 0.15) is 22.6 Å². The van der Waals surface area contributed by atoms with Crippen molar-refractivity contribution in [1.29, 1.82) is 5.26 Å². The van der Waals surface area contributed by atoms with Gasteiger partial charge in [-0.25, -0.2) is 0 Å². The maximum Gasteiger partial charge on any atom is 0.416 e. The Morgan fingerprint density at radius 1 is 1.10 bits per heavy atom.